The van der Waals surface area contributed by atoms with Gasteiger partial charge in [0.25, 0.3) is 0 Å². The summed E-state index contributed by atoms with van der Waals surface area (Å²) >= 11 is -3.41. The molecule has 108 valence electrons. The molecular formula is C14H27F3Sn. The summed E-state index contributed by atoms with van der Waals surface area (Å²) in [6, 6.07) is 0. The molecule has 0 aliphatic heterocycles. The molecule has 0 saturated carbocycles. The molecule has 0 nitrogen and oxygen atoms in total. The van der Waals surface area contributed by atoms with Gasteiger partial charge in [0.05, 0.1) is 0 Å². The van der Waals surface area contributed by atoms with Gasteiger partial charge in [-0.05, 0) is 0 Å². The summed E-state index contributed by atoms with van der Waals surface area (Å²) in [4.78, 5) is 0. The quantitative estimate of drug-likeness (QED) is 0.387. The van der Waals surface area contributed by atoms with E-state index in [9.17, 15) is 13.2 Å². The number of hydrogen-bond acceptors (Lipinski definition) is 0. The molecule has 0 heterocycles. The molecule has 4 heteroatoms. The minimum absolute atomic E-state index is 0.758. The Kier molecular flexibility index (Phi) is 10.3. The van der Waals surface area contributed by atoms with Gasteiger partial charge in [0, 0.05) is 0 Å². The standard InChI is InChI=1S/3C4H9.C2F3.Sn/c3*1-3-4-2;3-1-2(4)5;/h3*1,3-4H2,2H3;;. The van der Waals surface area contributed by atoms with Crippen LogP contribution in [0.2, 0.25) is 13.3 Å². The van der Waals surface area contributed by atoms with Gasteiger partial charge in [-0.25, -0.2) is 0 Å². The first-order valence-electron chi connectivity index (χ1n) is 7.25. The van der Waals surface area contributed by atoms with Gasteiger partial charge in [0.2, 0.25) is 0 Å². The van der Waals surface area contributed by atoms with E-state index in [1.807, 2.05) is 20.8 Å². The van der Waals surface area contributed by atoms with E-state index in [4.69, 9.17) is 0 Å². The molecule has 0 aliphatic rings. The first-order chi connectivity index (χ1) is 8.54. The summed E-state index contributed by atoms with van der Waals surface area (Å²) in [5.41, 5.74) is 0. The minimum atomic E-state index is -3.41. The van der Waals surface area contributed by atoms with Crippen molar-refractivity contribution in [1.29, 1.82) is 0 Å². The van der Waals surface area contributed by atoms with Crippen molar-refractivity contribution in [3.63, 3.8) is 0 Å². The molecular weight excluding hydrogens is 344 g/mol. The van der Waals surface area contributed by atoms with E-state index >= 15 is 0 Å². The molecule has 0 aromatic carbocycles. The number of halogens is 3. The van der Waals surface area contributed by atoms with E-state index in [1.54, 1.807) is 0 Å². The van der Waals surface area contributed by atoms with Crippen molar-refractivity contribution >= 4 is 18.4 Å². The SMILES string of the molecule is CCC[CH2][Sn]([CH2]CCC)([CH2]CCC)[C](F)=C(F)F. The molecule has 0 aromatic rings. The summed E-state index contributed by atoms with van der Waals surface area (Å²) < 4.78 is 40.9. The van der Waals surface area contributed by atoms with Gasteiger partial charge >= 0.3 is 114 Å². The van der Waals surface area contributed by atoms with E-state index < -0.39 is 28.3 Å². The second kappa shape index (κ2) is 10.2. The van der Waals surface area contributed by atoms with Crippen LogP contribution in [0.15, 0.2) is 9.92 Å². The number of hydrogen-bond donors (Lipinski definition) is 0. The normalized spacial score (nSPS) is 11.7. The first-order valence-corrected chi connectivity index (χ1v) is 14.7. The van der Waals surface area contributed by atoms with Crippen LogP contribution in [0.25, 0.3) is 0 Å². The van der Waals surface area contributed by atoms with Crippen LogP contribution in [-0.4, -0.2) is 18.4 Å². The zero-order chi connectivity index (χ0) is 14.0. The molecule has 0 aromatic heterocycles. The van der Waals surface area contributed by atoms with Crippen LogP contribution in [0.4, 0.5) is 13.2 Å². The Balaban J connectivity index is 5.04. The van der Waals surface area contributed by atoms with Crippen LogP contribution in [0.3, 0.4) is 0 Å². The van der Waals surface area contributed by atoms with E-state index in [0.717, 1.165) is 51.8 Å². The predicted molar refractivity (Wildman–Crippen MR) is 75.2 cm³/mol. The summed E-state index contributed by atoms with van der Waals surface area (Å²) in [5.74, 6) is 0. The zero-order valence-corrected chi connectivity index (χ0v) is 14.9. The zero-order valence-electron chi connectivity index (χ0n) is 12.0. The molecule has 0 spiro atoms. The van der Waals surface area contributed by atoms with E-state index in [1.165, 1.54) is 0 Å². The van der Waals surface area contributed by atoms with Gasteiger partial charge in [-0.15, -0.1) is 0 Å². The van der Waals surface area contributed by atoms with Crippen molar-refractivity contribution in [2.24, 2.45) is 0 Å². The molecule has 0 N–H and O–H groups in total. The Morgan fingerprint density at radius 2 is 1.06 bits per heavy atom. The Labute approximate surface area is 114 Å². The topological polar surface area (TPSA) is 0 Å². The average molecular weight is 371 g/mol. The number of unbranched alkanes of at least 4 members (excludes halogenated alkanes) is 3. The van der Waals surface area contributed by atoms with Gasteiger partial charge in [-0.1, -0.05) is 0 Å². The monoisotopic (exact) mass is 372 g/mol. The molecule has 0 fully saturated rings. The Bertz CT molecular complexity index is 226. The van der Waals surface area contributed by atoms with Gasteiger partial charge in [-0.2, -0.15) is 0 Å². The predicted octanol–water partition coefficient (Wildman–Crippen LogP) is 6.45. The van der Waals surface area contributed by atoms with Crippen LogP contribution in [0.1, 0.15) is 59.3 Å². The van der Waals surface area contributed by atoms with Crippen LogP contribution in [0, 0.1) is 0 Å². The Morgan fingerprint density at radius 3 is 1.28 bits per heavy atom. The summed E-state index contributed by atoms with van der Waals surface area (Å²) in [6.07, 6.45) is 3.61. The molecule has 0 saturated heterocycles. The molecule has 0 radical (unpaired) electrons. The summed E-state index contributed by atoms with van der Waals surface area (Å²) in [5, 5.41) is 0. The average Bonchev–Trinajstić information content (AvgIpc) is 2.37. The first kappa shape index (κ1) is 18.3. The fourth-order valence-corrected chi connectivity index (χ4v) is 16.4. The van der Waals surface area contributed by atoms with Crippen molar-refractivity contribution in [1.82, 2.24) is 0 Å². The maximum atomic E-state index is 14.0. The molecule has 0 amide bonds. The Morgan fingerprint density at radius 1 is 0.722 bits per heavy atom. The fraction of sp³-hybridized carbons (Fsp3) is 0.857. The summed E-state index contributed by atoms with van der Waals surface area (Å²) in [7, 11) is 0. The molecule has 0 atom stereocenters. The molecule has 0 bridgehead atoms. The van der Waals surface area contributed by atoms with Crippen LogP contribution >= 0.6 is 0 Å². The van der Waals surface area contributed by atoms with E-state index in [-0.39, 0.29) is 0 Å². The van der Waals surface area contributed by atoms with Crippen LogP contribution in [0.5, 0.6) is 0 Å². The fourth-order valence-electron chi connectivity index (χ4n) is 2.45. The van der Waals surface area contributed by atoms with E-state index in [0.29, 0.717) is 0 Å². The van der Waals surface area contributed by atoms with Crippen molar-refractivity contribution in [3.8, 4) is 0 Å². The maximum absolute atomic E-state index is 14.0. The summed E-state index contributed by atoms with van der Waals surface area (Å²) in [6.45, 7) is 6.14. The third-order valence-corrected chi connectivity index (χ3v) is 18.1. The van der Waals surface area contributed by atoms with Gasteiger partial charge in [0.15, 0.2) is 0 Å². The van der Waals surface area contributed by atoms with Gasteiger partial charge in [0.1, 0.15) is 0 Å². The number of rotatable bonds is 10. The van der Waals surface area contributed by atoms with Crippen molar-refractivity contribution < 1.29 is 13.2 Å². The van der Waals surface area contributed by atoms with Gasteiger partial charge < -0.3 is 0 Å². The second-order valence-corrected chi connectivity index (χ2v) is 18.0. The van der Waals surface area contributed by atoms with Crippen molar-refractivity contribution in [3.05, 3.63) is 9.92 Å². The molecule has 0 rings (SSSR count). The Hall–Kier alpha value is 0.329. The molecule has 0 aliphatic carbocycles. The third-order valence-electron chi connectivity index (χ3n) is 3.66. The molecule has 0 unspecified atom stereocenters. The third kappa shape index (κ3) is 5.98. The van der Waals surface area contributed by atoms with Crippen molar-refractivity contribution in [2.45, 2.75) is 72.6 Å². The van der Waals surface area contributed by atoms with Crippen molar-refractivity contribution in [2.75, 3.05) is 0 Å². The van der Waals surface area contributed by atoms with Crippen LogP contribution in [-0.2, 0) is 0 Å². The van der Waals surface area contributed by atoms with Crippen LogP contribution < -0.4 is 0 Å². The molecule has 18 heavy (non-hydrogen) atoms. The van der Waals surface area contributed by atoms with Gasteiger partial charge in [-0.3, -0.25) is 0 Å². The second-order valence-electron chi connectivity index (χ2n) is 5.17. The van der Waals surface area contributed by atoms with E-state index in [2.05, 4.69) is 0 Å².